The number of nitrogens with zero attached hydrogens (tertiary/aromatic N) is 2. The molecule has 0 amide bonds. The molecule has 0 fully saturated rings. The Balaban J connectivity index is 2.23. The molecular formula is C18H25N3. The highest BCUT2D eigenvalue weighted by atomic mass is 15.1. The average Bonchev–Trinajstić information content (AvgIpc) is 2.55. The molecular weight excluding hydrogens is 258 g/mol. The Bertz CT molecular complexity index is 525. The molecule has 0 spiro atoms. The second-order valence-corrected chi connectivity index (χ2v) is 5.17. The summed E-state index contributed by atoms with van der Waals surface area (Å²) in [6, 6.07) is 14.8. The lowest BCUT2D eigenvalue weighted by Gasteiger charge is -2.25. The molecule has 3 nitrogen and oxygen atoms in total. The van der Waals surface area contributed by atoms with Crippen LogP contribution in [0.4, 0.5) is 17.2 Å². The van der Waals surface area contributed by atoms with E-state index in [1.807, 2.05) is 6.20 Å². The highest BCUT2D eigenvalue weighted by Crippen LogP contribution is 2.26. The van der Waals surface area contributed by atoms with Crippen LogP contribution < -0.4 is 10.2 Å². The van der Waals surface area contributed by atoms with E-state index in [2.05, 4.69) is 71.5 Å². The average molecular weight is 283 g/mol. The van der Waals surface area contributed by atoms with Gasteiger partial charge in [-0.25, -0.2) is 4.98 Å². The second-order valence-electron chi connectivity index (χ2n) is 5.17. The molecule has 0 saturated carbocycles. The fourth-order valence-corrected chi connectivity index (χ4v) is 2.27. The van der Waals surface area contributed by atoms with Crippen molar-refractivity contribution in [1.82, 2.24) is 4.98 Å². The van der Waals surface area contributed by atoms with Crippen LogP contribution >= 0.6 is 0 Å². The van der Waals surface area contributed by atoms with E-state index in [-0.39, 0.29) is 0 Å². The number of pyridine rings is 1. The zero-order chi connectivity index (χ0) is 14.9. The molecule has 0 radical (unpaired) electrons. The molecule has 1 aromatic heterocycles. The number of nitrogens with one attached hydrogen (secondary N) is 1. The summed E-state index contributed by atoms with van der Waals surface area (Å²) in [6.07, 6.45) is 5.35. The minimum Gasteiger partial charge on any atom is -0.370 e. The fourth-order valence-electron chi connectivity index (χ4n) is 2.27. The van der Waals surface area contributed by atoms with E-state index >= 15 is 0 Å². The smallest absolute Gasteiger partial charge is 0.127 e. The summed E-state index contributed by atoms with van der Waals surface area (Å²) in [5, 5.41) is 3.36. The molecule has 0 aliphatic heterocycles. The number of benzene rings is 1. The maximum atomic E-state index is 4.40. The van der Waals surface area contributed by atoms with Gasteiger partial charge in [-0.2, -0.15) is 0 Å². The first-order valence-corrected chi connectivity index (χ1v) is 7.87. The van der Waals surface area contributed by atoms with Gasteiger partial charge in [-0.05, 0) is 31.0 Å². The molecule has 1 aromatic carbocycles. The van der Waals surface area contributed by atoms with Gasteiger partial charge in [-0.1, -0.05) is 38.5 Å². The van der Waals surface area contributed by atoms with Crippen molar-refractivity contribution >= 4 is 17.2 Å². The molecule has 2 aromatic rings. The van der Waals surface area contributed by atoms with Crippen molar-refractivity contribution in [2.24, 2.45) is 0 Å². The first kappa shape index (κ1) is 15.4. The summed E-state index contributed by atoms with van der Waals surface area (Å²) in [4.78, 5) is 6.76. The summed E-state index contributed by atoms with van der Waals surface area (Å²) >= 11 is 0. The van der Waals surface area contributed by atoms with E-state index in [0.29, 0.717) is 0 Å². The van der Waals surface area contributed by atoms with E-state index in [4.69, 9.17) is 0 Å². The number of rotatable bonds is 8. The Morgan fingerprint density at radius 2 is 1.81 bits per heavy atom. The Morgan fingerprint density at radius 1 is 1.00 bits per heavy atom. The maximum absolute atomic E-state index is 4.40. The van der Waals surface area contributed by atoms with Gasteiger partial charge < -0.3 is 10.2 Å². The molecule has 112 valence electrons. The van der Waals surface area contributed by atoms with Crippen LogP contribution in [0.1, 0.15) is 33.1 Å². The van der Waals surface area contributed by atoms with Crippen LogP contribution in [0.3, 0.4) is 0 Å². The fraction of sp³-hybridized carbons (Fsp3) is 0.389. The van der Waals surface area contributed by atoms with Crippen LogP contribution in [-0.2, 0) is 0 Å². The van der Waals surface area contributed by atoms with Gasteiger partial charge in [0, 0.05) is 36.7 Å². The Hall–Kier alpha value is -2.03. The predicted molar refractivity (Wildman–Crippen MR) is 91.4 cm³/mol. The van der Waals surface area contributed by atoms with E-state index in [1.54, 1.807) is 0 Å². The van der Waals surface area contributed by atoms with E-state index in [9.17, 15) is 0 Å². The minimum atomic E-state index is 0.951. The molecule has 0 saturated heterocycles. The van der Waals surface area contributed by atoms with Gasteiger partial charge in [0.1, 0.15) is 5.82 Å². The minimum absolute atomic E-state index is 0.951. The third-order valence-corrected chi connectivity index (χ3v) is 3.41. The summed E-state index contributed by atoms with van der Waals surface area (Å²) in [6.45, 7) is 6.37. The lowest BCUT2D eigenvalue weighted by Crippen LogP contribution is -2.18. The monoisotopic (exact) mass is 283 g/mol. The molecule has 1 heterocycles. The van der Waals surface area contributed by atoms with Gasteiger partial charge in [-0.15, -0.1) is 0 Å². The predicted octanol–water partition coefficient (Wildman–Crippen LogP) is 4.84. The number of hydrogen-bond donors (Lipinski definition) is 1. The maximum Gasteiger partial charge on any atom is 0.127 e. The molecule has 0 bridgehead atoms. The van der Waals surface area contributed by atoms with Gasteiger partial charge in [-0.3, -0.25) is 0 Å². The van der Waals surface area contributed by atoms with E-state index in [1.165, 1.54) is 24.2 Å². The van der Waals surface area contributed by atoms with Crippen molar-refractivity contribution in [3.8, 4) is 0 Å². The molecule has 2 rings (SSSR count). The standard InChI is InChI=1S/C18H25N3/c1-3-5-14-21(16-9-7-6-8-10-16)17-11-13-20-18(15-17)19-12-4-2/h6-11,13,15H,3-5,12,14H2,1-2H3,(H,19,20). The second kappa shape index (κ2) is 8.30. The number of unbranched alkanes of at least 4 members (excludes halogenated alkanes) is 1. The molecule has 3 heteroatoms. The third-order valence-electron chi connectivity index (χ3n) is 3.41. The summed E-state index contributed by atoms with van der Waals surface area (Å²) in [5.41, 5.74) is 2.43. The largest absolute Gasteiger partial charge is 0.370 e. The lowest BCUT2D eigenvalue weighted by atomic mass is 10.2. The van der Waals surface area contributed by atoms with Gasteiger partial charge >= 0.3 is 0 Å². The van der Waals surface area contributed by atoms with Crippen molar-refractivity contribution in [2.45, 2.75) is 33.1 Å². The molecule has 0 aliphatic rings. The Morgan fingerprint density at radius 3 is 2.52 bits per heavy atom. The van der Waals surface area contributed by atoms with E-state index < -0.39 is 0 Å². The number of aromatic nitrogens is 1. The van der Waals surface area contributed by atoms with Crippen LogP contribution in [0.25, 0.3) is 0 Å². The normalized spacial score (nSPS) is 10.4. The van der Waals surface area contributed by atoms with Gasteiger partial charge in [0.25, 0.3) is 0 Å². The van der Waals surface area contributed by atoms with Crippen LogP contribution in [-0.4, -0.2) is 18.1 Å². The molecule has 21 heavy (non-hydrogen) atoms. The zero-order valence-electron chi connectivity index (χ0n) is 13.0. The quantitative estimate of drug-likeness (QED) is 0.751. The van der Waals surface area contributed by atoms with Gasteiger partial charge in [0.05, 0.1) is 0 Å². The van der Waals surface area contributed by atoms with Crippen LogP contribution in [0.5, 0.6) is 0 Å². The van der Waals surface area contributed by atoms with Gasteiger partial charge in [0.15, 0.2) is 0 Å². The highest BCUT2D eigenvalue weighted by molar-refractivity contribution is 5.65. The Labute approximate surface area is 128 Å². The van der Waals surface area contributed by atoms with Crippen LogP contribution in [0, 0.1) is 0 Å². The van der Waals surface area contributed by atoms with E-state index in [0.717, 1.165) is 25.3 Å². The number of para-hydroxylation sites is 1. The van der Waals surface area contributed by atoms with Crippen molar-refractivity contribution in [3.05, 3.63) is 48.7 Å². The van der Waals surface area contributed by atoms with Crippen LogP contribution in [0.15, 0.2) is 48.7 Å². The third kappa shape index (κ3) is 4.48. The van der Waals surface area contributed by atoms with Gasteiger partial charge in [0.2, 0.25) is 0 Å². The summed E-state index contributed by atoms with van der Waals surface area (Å²) in [7, 11) is 0. The summed E-state index contributed by atoms with van der Waals surface area (Å²) < 4.78 is 0. The number of hydrogen-bond acceptors (Lipinski definition) is 3. The molecule has 0 unspecified atom stereocenters. The number of anilines is 3. The molecule has 0 atom stereocenters. The molecule has 0 aliphatic carbocycles. The first-order chi connectivity index (χ1) is 10.3. The summed E-state index contributed by atoms with van der Waals surface area (Å²) in [5.74, 6) is 0.951. The Kier molecular flexibility index (Phi) is 6.07. The molecule has 1 N–H and O–H groups in total. The highest BCUT2D eigenvalue weighted by Gasteiger charge is 2.09. The van der Waals surface area contributed by atoms with Crippen molar-refractivity contribution in [3.63, 3.8) is 0 Å². The topological polar surface area (TPSA) is 28.2 Å². The first-order valence-electron chi connectivity index (χ1n) is 7.87. The van der Waals surface area contributed by atoms with Crippen molar-refractivity contribution in [1.29, 1.82) is 0 Å². The zero-order valence-corrected chi connectivity index (χ0v) is 13.0. The lowest BCUT2D eigenvalue weighted by molar-refractivity contribution is 0.785. The van der Waals surface area contributed by atoms with Crippen LogP contribution in [0.2, 0.25) is 0 Å². The van der Waals surface area contributed by atoms with Crippen molar-refractivity contribution < 1.29 is 0 Å². The SMILES string of the molecule is CCCCN(c1ccccc1)c1ccnc(NCCC)c1. The van der Waals surface area contributed by atoms with Crippen molar-refractivity contribution in [2.75, 3.05) is 23.3 Å².